The minimum Gasteiger partial charge on any atom is -0.207 e. The van der Waals surface area contributed by atoms with Crippen molar-refractivity contribution in [2.45, 2.75) is 37.1 Å². The molecule has 1 saturated heterocycles. The quantitative estimate of drug-likeness (QED) is 0.840. The molecule has 94 valence electrons. The normalized spacial score (nSPS) is 22.6. The molecule has 17 heavy (non-hydrogen) atoms. The standard InChI is InChI=1S/C12H16BrNO2S/c1-10-4-2-3-9-14(10)17(15,16)12-7-5-11(13)6-8-12/h5-8,10H,2-4,9H2,1H3. The number of nitrogens with zero attached hydrogens (tertiary/aromatic N) is 1. The van der Waals surface area contributed by atoms with Gasteiger partial charge in [0, 0.05) is 17.1 Å². The van der Waals surface area contributed by atoms with Gasteiger partial charge in [-0.05, 0) is 44.0 Å². The average molecular weight is 318 g/mol. The molecule has 0 spiro atoms. The van der Waals surface area contributed by atoms with Crippen LogP contribution in [0, 0.1) is 0 Å². The SMILES string of the molecule is CC1CCCCN1S(=O)(=O)c1ccc(Br)cc1. The lowest BCUT2D eigenvalue weighted by molar-refractivity contribution is 0.268. The first-order valence-electron chi connectivity index (χ1n) is 5.79. The molecular weight excluding hydrogens is 302 g/mol. The molecule has 1 aliphatic heterocycles. The second kappa shape index (κ2) is 5.08. The van der Waals surface area contributed by atoms with Gasteiger partial charge in [0.1, 0.15) is 0 Å². The van der Waals surface area contributed by atoms with Gasteiger partial charge in [-0.3, -0.25) is 0 Å². The highest BCUT2D eigenvalue weighted by molar-refractivity contribution is 9.10. The first-order chi connectivity index (χ1) is 8.01. The minimum atomic E-state index is -3.32. The first kappa shape index (κ1) is 13.1. The molecule has 0 radical (unpaired) electrons. The fraction of sp³-hybridized carbons (Fsp3) is 0.500. The van der Waals surface area contributed by atoms with E-state index in [4.69, 9.17) is 0 Å². The summed E-state index contributed by atoms with van der Waals surface area (Å²) in [4.78, 5) is 0.384. The van der Waals surface area contributed by atoms with Crippen molar-refractivity contribution < 1.29 is 8.42 Å². The summed E-state index contributed by atoms with van der Waals surface area (Å²) >= 11 is 3.31. The summed E-state index contributed by atoms with van der Waals surface area (Å²) in [5.74, 6) is 0. The molecule has 1 fully saturated rings. The molecule has 0 aliphatic carbocycles. The number of piperidine rings is 1. The molecule has 1 aromatic carbocycles. The van der Waals surface area contributed by atoms with Gasteiger partial charge < -0.3 is 0 Å². The Hall–Kier alpha value is -0.390. The highest BCUT2D eigenvalue weighted by atomic mass is 79.9. The van der Waals surface area contributed by atoms with E-state index in [0.717, 1.165) is 23.7 Å². The van der Waals surface area contributed by atoms with Crippen LogP contribution in [0.3, 0.4) is 0 Å². The summed E-state index contributed by atoms with van der Waals surface area (Å²) in [6, 6.07) is 6.95. The van der Waals surface area contributed by atoms with E-state index in [1.54, 1.807) is 28.6 Å². The molecule has 0 amide bonds. The van der Waals surface area contributed by atoms with Crippen LogP contribution in [-0.4, -0.2) is 25.3 Å². The Morgan fingerprint density at radius 2 is 1.88 bits per heavy atom. The fourth-order valence-corrected chi connectivity index (χ4v) is 4.13. The molecule has 5 heteroatoms. The molecule has 1 atom stereocenters. The van der Waals surface area contributed by atoms with Gasteiger partial charge in [-0.25, -0.2) is 8.42 Å². The zero-order valence-corrected chi connectivity index (χ0v) is 12.2. The summed E-state index contributed by atoms with van der Waals surface area (Å²) < 4.78 is 27.4. The monoisotopic (exact) mass is 317 g/mol. The second-order valence-corrected chi connectivity index (χ2v) is 7.22. The third kappa shape index (κ3) is 2.72. The van der Waals surface area contributed by atoms with E-state index in [9.17, 15) is 8.42 Å². The maximum absolute atomic E-state index is 12.4. The van der Waals surface area contributed by atoms with Crippen molar-refractivity contribution in [2.75, 3.05) is 6.54 Å². The van der Waals surface area contributed by atoms with E-state index in [1.807, 2.05) is 6.92 Å². The van der Waals surface area contributed by atoms with E-state index >= 15 is 0 Å². The Labute approximate surface area is 111 Å². The van der Waals surface area contributed by atoms with Crippen LogP contribution in [0.4, 0.5) is 0 Å². The van der Waals surface area contributed by atoms with Gasteiger partial charge in [0.25, 0.3) is 0 Å². The summed E-state index contributed by atoms with van der Waals surface area (Å²) in [6.07, 6.45) is 3.03. The predicted molar refractivity (Wildman–Crippen MR) is 71.3 cm³/mol. The van der Waals surface area contributed by atoms with Crippen LogP contribution < -0.4 is 0 Å². The van der Waals surface area contributed by atoms with Crippen molar-refractivity contribution in [2.24, 2.45) is 0 Å². The molecule has 1 unspecified atom stereocenters. The van der Waals surface area contributed by atoms with Gasteiger partial charge in [0.2, 0.25) is 10.0 Å². The zero-order valence-electron chi connectivity index (χ0n) is 9.77. The predicted octanol–water partition coefficient (Wildman–Crippen LogP) is 3.01. The zero-order chi connectivity index (χ0) is 12.5. The van der Waals surface area contributed by atoms with Crippen LogP contribution in [0.25, 0.3) is 0 Å². The number of rotatable bonds is 2. The van der Waals surface area contributed by atoms with Crippen molar-refractivity contribution in [3.63, 3.8) is 0 Å². The molecule has 1 heterocycles. The number of hydrogen-bond donors (Lipinski definition) is 0. The van der Waals surface area contributed by atoms with Gasteiger partial charge in [0.05, 0.1) is 4.90 Å². The maximum atomic E-state index is 12.4. The largest absolute Gasteiger partial charge is 0.243 e. The van der Waals surface area contributed by atoms with Gasteiger partial charge in [-0.15, -0.1) is 0 Å². The van der Waals surface area contributed by atoms with Gasteiger partial charge >= 0.3 is 0 Å². The van der Waals surface area contributed by atoms with Gasteiger partial charge in [-0.2, -0.15) is 4.31 Å². The molecule has 0 aromatic heterocycles. The lowest BCUT2D eigenvalue weighted by Gasteiger charge is -2.32. The summed E-state index contributed by atoms with van der Waals surface area (Å²) in [7, 11) is -3.32. The topological polar surface area (TPSA) is 37.4 Å². The number of benzene rings is 1. The number of sulfonamides is 1. The Morgan fingerprint density at radius 3 is 2.47 bits per heavy atom. The van der Waals surface area contributed by atoms with Crippen molar-refractivity contribution in [1.82, 2.24) is 4.31 Å². The van der Waals surface area contributed by atoms with E-state index in [-0.39, 0.29) is 6.04 Å². The molecule has 1 aliphatic rings. The van der Waals surface area contributed by atoms with Crippen LogP contribution in [0.5, 0.6) is 0 Å². The lowest BCUT2D eigenvalue weighted by Crippen LogP contribution is -2.41. The van der Waals surface area contributed by atoms with Crippen molar-refractivity contribution >= 4 is 26.0 Å². The highest BCUT2D eigenvalue weighted by Crippen LogP contribution is 2.25. The Morgan fingerprint density at radius 1 is 1.24 bits per heavy atom. The molecule has 0 saturated carbocycles. The van der Waals surface area contributed by atoms with Crippen LogP contribution in [0.15, 0.2) is 33.6 Å². The smallest absolute Gasteiger partial charge is 0.207 e. The molecule has 0 bridgehead atoms. The molecule has 3 nitrogen and oxygen atoms in total. The van der Waals surface area contributed by atoms with Crippen molar-refractivity contribution in [3.05, 3.63) is 28.7 Å². The van der Waals surface area contributed by atoms with E-state index in [0.29, 0.717) is 11.4 Å². The van der Waals surface area contributed by atoms with E-state index in [2.05, 4.69) is 15.9 Å². The summed E-state index contributed by atoms with van der Waals surface area (Å²) in [6.45, 7) is 2.62. The molecule has 0 N–H and O–H groups in total. The fourth-order valence-electron chi connectivity index (χ4n) is 2.17. The third-order valence-corrected chi connectivity index (χ3v) is 5.72. The number of hydrogen-bond acceptors (Lipinski definition) is 2. The molecular formula is C12H16BrNO2S. The lowest BCUT2D eigenvalue weighted by atomic mass is 10.1. The first-order valence-corrected chi connectivity index (χ1v) is 8.02. The average Bonchev–Trinajstić information content (AvgIpc) is 2.30. The van der Waals surface area contributed by atoms with Crippen LogP contribution in [0.1, 0.15) is 26.2 Å². The van der Waals surface area contributed by atoms with Gasteiger partial charge in [-0.1, -0.05) is 22.4 Å². The minimum absolute atomic E-state index is 0.109. The van der Waals surface area contributed by atoms with Gasteiger partial charge in [0.15, 0.2) is 0 Å². The summed E-state index contributed by atoms with van der Waals surface area (Å²) in [5.41, 5.74) is 0. The van der Waals surface area contributed by atoms with Crippen LogP contribution >= 0.6 is 15.9 Å². The Kier molecular flexibility index (Phi) is 3.90. The van der Waals surface area contributed by atoms with Crippen LogP contribution in [0.2, 0.25) is 0 Å². The summed E-state index contributed by atoms with van der Waals surface area (Å²) in [5, 5.41) is 0. The Balaban J connectivity index is 2.32. The Bertz CT molecular complexity index is 484. The number of halogens is 1. The van der Waals surface area contributed by atoms with Crippen molar-refractivity contribution in [3.8, 4) is 0 Å². The molecule has 1 aromatic rings. The molecule has 2 rings (SSSR count). The van der Waals surface area contributed by atoms with Crippen LogP contribution in [-0.2, 0) is 10.0 Å². The third-order valence-electron chi connectivity index (χ3n) is 3.16. The highest BCUT2D eigenvalue weighted by Gasteiger charge is 2.30. The second-order valence-electron chi connectivity index (χ2n) is 4.41. The maximum Gasteiger partial charge on any atom is 0.243 e. The van der Waals surface area contributed by atoms with Crippen molar-refractivity contribution in [1.29, 1.82) is 0 Å². The van der Waals surface area contributed by atoms with E-state index < -0.39 is 10.0 Å². The van der Waals surface area contributed by atoms with E-state index in [1.165, 1.54) is 0 Å².